The van der Waals surface area contributed by atoms with Crippen LogP contribution in [0.5, 0.6) is 0 Å². The Kier molecular flexibility index (Phi) is 7.01. The van der Waals surface area contributed by atoms with Crippen molar-refractivity contribution in [1.82, 2.24) is 15.1 Å². The Morgan fingerprint density at radius 3 is 2.69 bits per heavy atom. The largest absolute Gasteiger partial charge is 0.320 e. The minimum absolute atomic E-state index is 0.783. The fourth-order valence-corrected chi connectivity index (χ4v) is 2.47. The van der Waals surface area contributed by atoms with Gasteiger partial charge < -0.3 is 15.1 Å². The molecule has 1 rings (SSSR count). The molecule has 1 unspecified atom stereocenters. The van der Waals surface area contributed by atoms with Crippen LogP contribution in [0.3, 0.4) is 0 Å². The molecule has 16 heavy (non-hydrogen) atoms. The lowest BCUT2D eigenvalue weighted by Gasteiger charge is -2.39. The molecule has 96 valence electrons. The molecule has 3 nitrogen and oxygen atoms in total. The van der Waals surface area contributed by atoms with E-state index in [0.717, 1.165) is 6.04 Å². The first-order chi connectivity index (χ1) is 7.77. The van der Waals surface area contributed by atoms with Crippen LogP contribution in [0.15, 0.2) is 0 Å². The maximum atomic E-state index is 3.21. The summed E-state index contributed by atoms with van der Waals surface area (Å²) in [7, 11) is 4.30. The van der Waals surface area contributed by atoms with Crippen LogP contribution in [0.1, 0.15) is 32.6 Å². The van der Waals surface area contributed by atoms with E-state index in [-0.39, 0.29) is 0 Å². The Labute approximate surface area is 101 Å². The molecule has 0 spiro atoms. The molecular formula is C13H29N3. The van der Waals surface area contributed by atoms with Crippen molar-refractivity contribution < 1.29 is 0 Å². The van der Waals surface area contributed by atoms with Gasteiger partial charge in [0.25, 0.3) is 0 Å². The van der Waals surface area contributed by atoms with Crippen molar-refractivity contribution in [2.24, 2.45) is 0 Å². The molecule has 1 aliphatic rings. The Morgan fingerprint density at radius 2 is 2.00 bits per heavy atom. The second-order valence-corrected chi connectivity index (χ2v) is 5.01. The minimum atomic E-state index is 0.783. The van der Waals surface area contributed by atoms with Crippen LogP contribution in [0, 0.1) is 0 Å². The number of likely N-dealkylation sites (N-methyl/N-ethyl adjacent to an activating group) is 1. The van der Waals surface area contributed by atoms with E-state index in [2.05, 4.69) is 29.1 Å². The van der Waals surface area contributed by atoms with Gasteiger partial charge >= 0.3 is 0 Å². The SMILES string of the molecule is CCC1CN(CCCCCNC)CCN1C. The summed E-state index contributed by atoms with van der Waals surface area (Å²) in [5, 5.41) is 3.21. The van der Waals surface area contributed by atoms with E-state index in [1.54, 1.807) is 0 Å². The van der Waals surface area contributed by atoms with Gasteiger partial charge in [-0.1, -0.05) is 13.3 Å². The summed E-state index contributed by atoms with van der Waals surface area (Å²) in [4.78, 5) is 5.16. The van der Waals surface area contributed by atoms with E-state index in [1.807, 2.05) is 7.05 Å². The number of nitrogens with zero attached hydrogens (tertiary/aromatic N) is 2. The molecule has 0 aromatic rings. The van der Waals surface area contributed by atoms with Gasteiger partial charge in [0.2, 0.25) is 0 Å². The summed E-state index contributed by atoms with van der Waals surface area (Å²) < 4.78 is 0. The second kappa shape index (κ2) is 8.04. The van der Waals surface area contributed by atoms with Gasteiger partial charge in [0.1, 0.15) is 0 Å². The molecule has 1 N–H and O–H groups in total. The topological polar surface area (TPSA) is 18.5 Å². The van der Waals surface area contributed by atoms with Gasteiger partial charge in [-0.25, -0.2) is 0 Å². The first kappa shape index (κ1) is 13.9. The quantitative estimate of drug-likeness (QED) is 0.663. The van der Waals surface area contributed by atoms with Gasteiger partial charge in [-0.2, -0.15) is 0 Å². The Morgan fingerprint density at radius 1 is 1.19 bits per heavy atom. The molecule has 0 aliphatic carbocycles. The van der Waals surface area contributed by atoms with E-state index in [4.69, 9.17) is 0 Å². The Hall–Kier alpha value is -0.120. The van der Waals surface area contributed by atoms with E-state index in [0.29, 0.717) is 0 Å². The number of piperazine rings is 1. The van der Waals surface area contributed by atoms with Gasteiger partial charge in [0.15, 0.2) is 0 Å². The molecule has 1 fully saturated rings. The summed E-state index contributed by atoms with van der Waals surface area (Å²) in [6.07, 6.45) is 5.33. The summed E-state index contributed by atoms with van der Waals surface area (Å²) >= 11 is 0. The lowest BCUT2D eigenvalue weighted by molar-refractivity contribution is 0.0920. The monoisotopic (exact) mass is 227 g/mol. The average Bonchev–Trinajstić information content (AvgIpc) is 2.31. The van der Waals surface area contributed by atoms with Crippen molar-refractivity contribution in [2.45, 2.75) is 38.6 Å². The number of rotatable bonds is 7. The summed E-state index contributed by atoms with van der Waals surface area (Å²) in [5.74, 6) is 0. The standard InChI is InChI=1S/C13H29N3/c1-4-13-12-16(11-10-15(13)3)9-7-5-6-8-14-2/h13-14H,4-12H2,1-3H3. The average molecular weight is 227 g/mol. The van der Waals surface area contributed by atoms with Crippen molar-refractivity contribution in [3.05, 3.63) is 0 Å². The first-order valence-electron chi connectivity index (χ1n) is 6.85. The number of nitrogens with one attached hydrogen (secondary N) is 1. The van der Waals surface area contributed by atoms with Crippen LogP contribution in [-0.2, 0) is 0 Å². The van der Waals surface area contributed by atoms with Crippen molar-refractivity contribution >= 4 is 0 Å². The molecule has 1 atom stereocenters. The highest BCUT2D eigenvalue weighted by molar-refractivity contribution is 4.78. The third-order valence-electron chi connectivity index (χ3n) is 3.73. The fraction of sp³-hybridized carbons (Fsp3) is 1.00. The highest BCUT2D eigenvalue weighted by Gasteiger charge is 2.21. The number of hydrogen-bond donors (Lipinski definition) is 1. The third-order valence-corrected chi connectivity index (χ3v) is 3.73. The van der Waals surface area contributed by atoms with Crippen molar-refractivity contribution in [3.63, 3.8) is 0 Å². The fourth-order valence-electron chi connectivity index (χ4n) is 2.47. The molecule has 1 aliphatic heterocycles. The maximum absolute atomic E-state index is 3.21. The predicted molar refractivity (Wildman–Crippen MR) is 70.9 cm³/mol. The molecule has 3 heteroatoms. The summed E-state index contributed by atoms with van der Waals surface area (Å²) in [5.41, 5.74) is 0. The van der Waals surface area contributed by atoms with Crippen LogP contribution >= 0.6 is 0 Å². The molecule has 0 radical (unpaired) electrons. The molecule has 0 aromatic carbocycles. The van der Waals surface area contributed by atoms with Crippen LogP contribution in [0.4, 0.5) is 0 Å². The molecule has 0 aromatic heterocycles. The highest BCUT2D eigenvalue weighted by atomic mass is 15.3. The van der Waals surface area contributed by atoms with E-state index in [1.165, 1.54) is 58.4 Å². The van der Waals surface area contributed by atoms with Crippen LogP contribution < -0.4 is 5.32 Å². The van der Waals surface area contributed by atoms with E-state index >= 15 is 0 Å². The number of hydrogen-bond acceptors (Lipinski definition) is 3. The highest BCUT2D eigenvalue weighted by Crippen LogP contribution is 2.11. The van der Waals surface area contributed by atoms with Gasteiger partial charge in [-0.15, -0.1) is 0 Å². The maximum Gasteiger partial charge on any atom is 0.0218 e. The van der Waals surface area contributed by atoms with Gasteiger partial charge in [0.05, 0.1) is 0 Å². The van der Waals surface area contributed by atoms with Crippen molar-refractivity contribution in [2.75, 3.05) is 46.8 Å². The Balaban J connectivity index is 2.08. The summed E-state index contributed by atoms with van der Waals surface area (Å²) in [6.45, 7) is 8.55. The molecule has 0 bridgehead atoms. The predicted octanol–water partition coefficient (Wildman–Crippen LogP) is 1.40. The van der Waals surface area contributed by atoms with E-state index < -0.39 is 0 Å². The lowest BCUT2D eigenvalue weighted by Crippen LogP contribution is -2.51. The molecule has 0 amide bonds. The molecule has 1 heterocycles. The van der Waals surface area contributed by atoms with Gasteiger partial charge in [0, 0.05) is 25.7 Å². The second-order valence-electron chi connectivity index (χ2n) is 5.01. The smallest absolute Gasteiger partial charge is 0.0218 e. The molecule has 1 saturated heterocycles. The van der Waals surface area contributed by atoms with Gasteiger partial charge in [-0.3, -0.25) is 0 Å². The normalized spacial score (nSPS) is 23.8. The lowest BCUT2D eigenvalue weighted by atomic mass is 10.1. The zero-order chi connectivity index (χ0) is 11.8. The number of unbranched alkanes of at least 4 members (excludes halogenated alkanes) is 2. The third kappa shape index (κ3) is 4.81. The summed E-state index contributed by atoms with van der Waals surface area (Å²) in [6, 6.07) is 0.783. The van der Waals surface area contributed by atoms with Crippen LogP contribution in [-0.4, -0.2) is 62.7 Å². The van der Waals surface area contributed by atoms with E-state index in [9.17, 15) is 0 Å². The van der Waals surface area contributed by atoms with Gasteiger partial charge in [-0.05, 0) is 46.4 Å². The molecule has 0 saturated carbocycles. The Bertz CT molecular complexity index is 173. The zero-order valence-corrected chi connectivity index (χ0v) is 11.3. The van der Waals surface area contributed by atoms with Crippen molar-refractivity contribution in [3.8, 4) is 0 Å². The minimum Gasteiger partial charge on any atom is -0.320 e. The van der Waals surface area contributed by atoms with Crippen LogP contribution in [0.25, 0.3) is 0 Å². The van der Waals surface area contributed by atoms with Crippen molar-refractivity contribution in [1.29, 1.82) is 0 Å². The first-order valence-corrected chi connectivity index (χ1v) is 6.85. The molecular weight excluding hydrogens is 198 g/mol. The van der Waals surface area contributed by atoms with Crippen LogP contribution in [0.2, 0.25) is 0 Å². The zero-order valence-electron chi connectivity index (χ0n) is 11.3.